The molecular formula is C8H13N. The van der Waals surface area contributed by atoms with E-state index in [4.69, 9.17) is 0 Å². The molecule has 0 atom stereocenters. The third kappa shape index (κ3) is 0.799. The van der Waals surface area contributed by atoms with Crippen LogP contribution in [0.1, 0.15) is 19.3 Å². The van der Waals surface area contributed by atoms with Crippen molar-refractivity contribution in [3.05, 3.63) is 12.2 Å². The fraction of sp³-hybridized carbons (Fsp3) is 0.750. The van der Waals surface area contributed by atoms with E-state index < -0.39 is 0 Å². The van der Waals surface area contributed by atoms with Crippen LogP contribution in [-0.4, -0.2) is 13.1 Å². The molecule has 9 heavy (non-hydrogen) atoms. The highest BCUT2D eigenvalue weighted by Gasteiger charge is 2.33. The van der Waals surface area contributed by atoms with Gasteiger partial charge in [0, 0.05) is 6.54 Å². The first-order valence-corrected chi connectivity index (χ1v) is 3.77. The highest BCUT2D eigenvalue weighted by Crippen LogP contribution is 2.38. The second-order valence-electron chi connectivity index (χ2n) is 3.31. The molecule has 50 valence electrons. The Morgan fingerprint density at radius 1 is 1.22 bits per heavy atom. The van der Waals surface area contributed by atoms with Gasteiger partial charge in [0.15, 0.2) is 0 Å². The van der Waals surface area contributed by atoms with Gasteiger partial charge < -0.3 is 5.32 Å². The van der Waals surface area contributed by atoms with E-state index in [2.05, 4.69) is 17.5 Å². The van der Waals surface area contributed by atoms with Gasteiger partial charge in [0.2, 0.25) is 0 Å². The first kappa shape index (κ1) is 5.48. The summed E-state index contributed by atoms with van der Waals surface area (Å²) in [4.78, 5) is 0. The van der Waals surface area contributed by atoms with Crippen LogP contribution in [0, 0.1) is 5.41 Å². The summed E-state index contributed by atoms with van der Waals surface area (Å²) in [5, 5.41) is 3.42. The van der Waals surface area contributed by atoms with E-state index in [1.54, 1.807) is 0 Å². The zero-order valence-electron chi connectivity index (χ0n) is 5.69. The lowest BCUT2D eigenvalue weighted by Crippen LogP contribution is -2.19. The van der Waals surface area contributed by atoms with Gasteiger partial charge in [-0.25, -0.2) is 0 Å². The van der Waals surface area contributed by atoms with Gasteiger partial charge in [0.05, 0.1) is 0 Å². The van der Waals surface area contributed by atoms with Crippen molar-refractivity contribution in [2.24, 2.45) is 5.41 Å². The van der Waals surface area contributed by atoms with E-state index in [1.165, 1.54) is 32.4 Å². The average molecular weight is 123 g/mol. The quantitative estimate of drug-likeness (QED) is 0.479. The van der Waals surface area contributed by atoms with E-state index in [-0.39, 0.29) is 0 Å². The van der Waals surface area contributed by atoms with Crippen LogP contribution >= 0.6 is 0 Å². The summed E-state index contributed by atoms with van der Waals surface area (Å²) < 4.78 is 0. The zero-order chi connectivity index (χ0) is 6.16. The number of allylic oxidation sites excluding steroid dienone is 2. The summed E-state index contributed by atoms with van der Waals surface area (Å²) in [7, 11) is 0. The number of hydrogen-bond donors (Lipinski definition) is 1. The fourth-order valence-corrected chi connectivity index (χ4v) is 1.89. The molecule has 1 heteroatoms. The summed E-state index contributed by atoms with van der Waals surface area (Å²) in [5.41, 5.74) is 0.667. The van der Waals surface area contributed by atoms with Gasteiger partial charge in [-0.15, -0.1) is 0 Å². The predicted molar refractivity (Wildman–Crippen MR) is 38.3 cm³/mol. The maximum Gasteiger partial charge on any atom is 0.00142 e. The van der Waals surface area contributed by atoms with Crippen molar-refractivity contribution in [2.45, 2.75) is 19.3 Å². The van der Waals surface area contributed by atoms with Gasteiger partial charge in [-0.2, -0.15) is 0 Å². The molecule has 0 bridgehead atoms. The van der Waals surface area contributed by atoms with Gasteiger partial charge in [-0.1, -0.05) is 12.2 Å². The van der Waals surface area contributed by atoms with Crippen LogP contribution in [0.4, 0.5) is 0 Å². The highest BCUT2D eigenvalue weighted by atomic mass is 14.9. The molecule has 0 aromatic carbocycles. The van der Waals surface area contributed by atoms with E-state index in [0.717, 1.165) is 0 Å². The summed E-state index contributed by atoms with van der Waals surface area (Å²) in [6, 6.07) is 0. The first-order chi connectivity index (χ1) is 4.41. The molecular weight excluding hydrogens is 110 g/mol. The molecule has 0 amide bonds. The van der Waals surface area contributed by atoms with Gasteiger partial charge in [-0.3, -0.25) is 0 Å². The minimum Gasteiger partial charge on any atom is -0.316 e. The smallest absolute Gasteiger partial charge is 0.00142 e. The molecule has 1 N–H and O–H groups in total. The van der Waals surface area contributed by atoms with Crippen molar-refractivity contribution in [1.82, 2.24) is 5.32 Å². The lowest BCUT2D eigenvalue weighted by atomic mass is 9.85. The fourth-order valence-electron chi connectivity index (χ4n) is 1.89. The third-order valence-electron chi connectivity index (χ3n) is 2.60. The predicted octanol–water partition coefficient (Wildman–Crippen LogP) is 1.32. The molecule has 0 radical (unpaired) electrons. The summed E-state index contributed by atoms with van der Waals surface area (Å²) in [6.45, 7) is 2.49. The second-order valence-corrected chi connectivity index (χ2v) is 3.31. The molecule has 1 nitrogen and oxygen atoms in total. The third-order valence-corrected chi connectivity index (χ3v) is 2.60. The van der Waals surface area contributed by atoms with Crippen LogP contribution < -0.4 is 5.32 Å². The van der Waals surface area contributed by atoms with Crippen molar-refractivity contribution in [3.63, 3.8) is 0 Å². The van der Waals surface area contributed by atoms with Gasteiger partial charge >= 0.3 is 0 Å². The van der Waals surface area contributed by atoms with Crippen LogP contribution in [0.3, 0.4) is 0 Å². The Labute approximate surface area is 56.1 Å². The van der Waals surface area contributed by atoms with Crippen LogP contribution in [0.2, 0.25) is 0 Å². The molecule has 1 aliphatic heterocycles. The normalized spacial score (nSPS) is 30.2. The van der Waals surface area contributed by atoms with E-state index >= 15 is 0 Å². The SMILES string of the molecule is C1=CCC2(C1)CCNC2. The molecule has 1 heterocycles. The average Bonchev–Trinajstić information content (AvgIpc) is 2.45. The van der Waals surface area contributed by atoms with E-state index in [9.17, 15) is 0 Å². The first-order valence-electron chi connectivity index (χ1n) is 3.77. The summed E-state index contributed by atoms with van der Waals surface area (Å²) in [5.74, 6) is 0. The lowest BCUT2D eigenvalue weighted by Gasteiger charge is -2.19. The van der Waals surface area contributed by atoms with Crippen LogP contribution in [0.25, 0.3) is 0 Å². The van der Waals surface area contributed by atoms with Crippen LogP contribution in [-0.2, 0) is 0 Å². The van der Waals surface area contributed by atoms with Crippen molar-refractivity contribution in [1.29, 1.82) is 0 Å². The van der Waals surface area contributed by atoms with Crippen molar-refractivity contribution in [3.8, 4) is 0 Å². The molecule has 1 spiro atoms. The number of rotatable bonds is 0. The summed E-state index contributed by atoms with van der Waals surface area (Å²) >= 11 is 0. The Balaban J connectivity index is 2.07. The minimum absolute atomic E-state index is 0.667. The van der Waals surface area contributed by atoms with Gasteiger partial charge in [-0.05, 0) is 31.2 Å². The Bertz CT molecular complexity index is 122. The highest BCUT2D eigenvalue weighted by molar-refractivity contribution is 5.05. The van der Waals surface area contributed by atoms with E-state index in [1.807, 2.05) is 0 Å². The van der Waals surface area contributed by atoms with Crippen LogP contribution in [0.15, 0.2) is 12.2 Å². The molecule has 1 fully saturated rings. The maximum absolute atomic E-state index is 3.42. The molecule has 0 aromatic rings. The molecule has 2 rings (SSSR count). The minimum atomic E-state index is 0.667. The van der Waals surface area contributed by atoms with Crippen molar-refractivity contribution >= 4 is 0 Å². The topological polar surface area (TPSA) is 12.0 Å². The monoisotopic (exact) mass is 123 g/mol. The van der Waals surface area contributed by atoms with Gasteiger partial charge in [0.25, 0.3) is 0 Å². The Morgan fingerprint density at radius 2 is 2.00 bits per heavy atom. The lowest BCUT2D eigenvalue weighted by molar-refractivity contribution is 0.351. The maximum atomic E-state index is 3.42. The summed E-state index contributed by atoms with van der Waals surface area (Å²) in [6.07, 6.45) is 8.68. The van der Waals surface area contributed by atoms with Crippen molar-refractivity contribution < 1.29 is 0 Å². The Hall–Kier alpha value is -0.300. The molecule has 1 aliphatic carbocycles. The zero-order valence-corrected chi connectivity index (χ0v) is 5.69. The molecule has 0 unspecified atom stereocenters. The number of nitrogens with one attached hydrogen (secondary N) is 1. The second kappa shape index (κ2) is 1.84. The van der Waals surface area contributed by atoms with Gasteiger partial charge in [0.1, 0.15) is 0 Å². The molecule has 0 saturated carbocycles. The standard InChI is InChI=1S/C8H13N/c1-2-4-8(3-1)5-6-9-7-8/h1-2,9H,3-7H2. The molecule has 0 aromatic heterocycles. The number of hydrogen-bond acceptors (Lipinski definition) is 1. The Morgan fingerprint density at radius 3 is 2.56 bits per heavy atom. The van der Waals surface area contributed by atoms with E-state index in [0.29, 0.717) is 5.41 Å². The van der Waals surface area contributed by atoms with Crippen molar-refractivity contribution in [2.75, 3.05) is 13.1 Å². The van der Waals surface area contributed by atoms with Crippen LogP contribution in [0.5, 0.6) is 0 Å². The Kier molecular flexibility index (Phi) is 1.12. The molecule has 2 aliphatic rings. The largest absolute Gasteiger partial charge is 0.316 e. The molecule has 1 saturated heterocycles.